The first kappa shape index (κ1) is 13.6. The molecule has 0 aliphatic carbocycles. The van der Waals surface area contributed by atoms with Crippen molar-refractivity contribution >= 4 is 17.4 Å². The van der Waals surface area contributed by atoms with Gasteiger partial charge in [0.05, 0.1) is 7.11 Å². The van der Waals surface area contributed by atoms with Gasteiger partial charge in [-0.1, -0.05) is 23.7 Å². The van der Waals surface area contributed by atoms with Crippen LogP contribution in [0, 0.1) is 0 Å². The lowest BCUT2D eigenvalue weighted by Gasteiger charge is -2.16. The number of aromatic nitrogens is 1. The summed E-state index contributed by atoms with van der Waals surface area (Å²) in [6.45, 7) is 0. The van der Waals surface area contributed by atoms with Crippen molar-refractivity contribution in [3.8, 4) is 5.75 Å². The van der Waals surface area contributed by atoms with Gasteiger partial charge in [0.1, 0.15) is 11.6 Å². The molecule has 4 N–H and O–H groups in total. The van der Waals surface area contributed by atoms with Crippen LogP contribution in [0.5, 0.6) is 5.75 Å². The normalized spacial score (nSPS) is 12.2. The number of pyridine rings is 1. The second-order valence-electron chi connectivity index (χ2n) is 4.24. The number of nitrogen functional groups attached to an aromatic ring is 1. The van der Waals surface area contributed by atoms with E-state index in [0.717, 1.165) is 11.1 Å². The molecule has 0 fully saturated rings. The molecule has 1 unspecified atom stereocenters. The Morgan fingerprint density at radius 1 is 1.37 bits per heavy atom. The van der Waals surface area contributed by atoms with Gasteiger partial charge in [-0.05, 0) is 30.2 Å². The maximum Gasteiger partial charge on any atom is 0.126 e. The van der Waals surface area contributed by atoms with Crippen molar-refractivity contribution < 1.29 is 4.74 Å². The number of halogens is 1. The van der Waals surface area contributed by atoms with Crippen molar-refractivity contribution in [1.29, 1.82) is 0 Å². The largest absolute Gasteiger partial charge is 0.496 e. The van der Waals surface area contributed by atoms with Crippen molar-refractivity contribution in [3.05, 3.63) is 52.7 Å². The number of methoxy groups -OCH3 is 1. The van der Waals surface area contributed by atoms with Crippen molar-refractivity contribution in [1.82, 2.24) is 4.98 Å². The Kier molecular flexibility index (Phi) is 4.24. The number of ether oxygens (including phenoxy) is 1. The molecule has 4 nitrogen and oxygen atoms in total. The first-order chi connectivity index (χ1) is 9.11. The van der Waals surface area contributed by atoms with Crippen LogP contribution >= 0.6 is 11.6 Å². The highest BCUT2D eigenvalue weighted by atomic mass is 35.5. The molecule has 1 atom stereocenters. The number of hydrogen-bond donors (Lipinski definition) is 2. The van der Waals surface area contributed by atoms with E-state index in [2.05, 4.69) is 4.98 Å². The fourth-order valence-electron chi connectivity index (χ4n) is 1.96. The third-order valence-corrected chi connectivity index (χ3v) is 3.20. The molecule has 1 heterocycles. The Morgan fingerprint density at radius 3 is 2.84 bits per heavy atom. The van der Waals surface area contributed by atoms with Gasteiger partial charge in [-0.3, -0.25) is 0 Å². The monoisotopic (exact) mass is 277 g/mol. The zero-order valence-electron chi connectivity index (χ0n) is 10.6. The fourth-order valence-corrected chi connectivity index (χ4v) is 2.12. The Morgan fingerprint density at radius 2 is 2.16 bits per heavy atom. The zero-order chi connectivity index (χ0) is 13.8. The summed E-state index contributed by atoms with van der Waals surface area (Å²) in [4.78, 5) is 4.05. The van der Waals surface area contributed by atoms with Crippen LogP contribution in [0.1, 0.15) is 17.2 Å². The van der Waals surface area contributed by atoms with Gasteiger partial charge < -0.3 is 16.2 Å². The summed E-state index contributed by atoms with van der Waals surface area (Å²) in [5.41, 5.74) is 13.9. The quantitative estimate of drug-likeness (QED) is 0.901. The van der Waals surface area contributed by atoms with Crippen LogP contribution in [-0.2, 0) is 6.42 Å². The van der Waals surface area contributed by atoms with Crippen LogP contribution in [0.4, 0.5) is 5.82 Å². The van der Waals surface area contributed by atoms with Crippen LogP contribution in [-0.4, -0.2) is 12.1 Å². The Labute approximate surface area is 117 Å². The van der Waals surface area contributed by atoms with Crippen molar-refractivity contribution in [3.63, 3.8) is 0 Å². The van der Waals surface area contributed by atoms with Crippen molar-refractivity contribution in [2.24, 2.45) is 5.73 Å². The van der Waals surface area contributed by atoms with E-state index in [4.69, 9.17) is 27.8 Å². The summed E-state index contributed by atoms with van der Waals surface area (Å²) < 4.78 is 5.30. The van der Waals surface area contributed by atoms with Crippen molar-refractivity contribution in [2.75, 3.05) is 12.8 Å². The van der Waals surface area contributed by atoms with Gasteiger partial charge in [0.2, 0.25) is 0 Å². The minimum Gasteiger partial charge on any atom is -0.496 e. The molecular formula is C14H16ClN3O. The van der Waals surface area contributed by atoms with Crippen LogP contribution < -0.4 is 16.2 Å². The summed E-state index contributed by atoms with van der Waals surface area (Å²) in [5, 5.41) is 0.619. The molecule has 0 aliphatic heterocycles. The number of benzene rings is 1. The molecule has 0 saturated heterocycles. The summed E-state index contributed by atoms with van der Waals surface area (Å²) in [6.07, 6.45) is 2.25. The van der Waals surface area contributed by atoms with Gasteiger partial charge >= 0.3 is 0 Å². The third kappa shape index (κ3) is 3.16. The molecule has 2 rings (SSSR count). The van der Waals surface area contributed by atoms with E-state index in [1.165, 1.54) is 0 Å². The van der Waals surface area contributed by atoms with E-state index >= 15 is 0 Å². The number of rotatable bonds is 4. The van der Waals surface area contributed by atoms with Gasteiger partial charge in [-0.25, -0.2) is 4.98 Å². The van der Waals surface area contributed by atoms with Crippen molar-refractivity contribution in [2.45, 2.75) is 12.5 Å². The smallest absolute Gasteiger partial charge is 0.126 e. The highest BCUT2D eigenvalue weighted by Crippen LogP contribution is 2.29. The molecule has 0 aliphatic rings. The second-order valence-corrected chi connectivity index (χ2v) is 4.68. The Balaban J connectivity index is 2.25. The Hall–Kier alpha value is -1.78. The van der Waals surface area contributed by atoms with E-state index in [0.29, 0.717) is 23.0 Å². The number of nitrogens with two attached hydrogens (primary N) is 2. The Bertz CT molecular complexity index is 574. The van der Waals surface area contributed by atoms with Gasteiger partial charge in [0.25, 0.3) is 0 Å². The first-order valence-electron chi connectivity index (χ1n) is 5.90. The van der Waals surface area contributed by atoms with E-state index in [9.17, 15) is 0 Å². The predicted molar refractivity (Wildman–Crippen MR) is 77.3 cm³/mol. The molecule has 5 heteroatoms. The van der Waals surface area contributed by atoms with Crippen LogP contribution in [0.25, 0.3) is 0 Å². The maximum atomic E-state index is 6.22. The second kappa shape index (κ2) is 5.91. The standard InChI is InChI=1S/C14H16ClN3O/c1-19-13-8-10(15)4-5-11(13)12(16)7-9-3-2-6-18-14(9)17/h2-6,8,12H,7,16H2,1H3,(H2,17,18). The summed E-state index contributed by atoms with van der Waals surface area (Å²) >= 11 is 5.93. The molecule has 0 radical (unpaired) electrons. The predicted octanol–water partition coefficient (Wildman–Crippen LogP) is 2.57. The average Bonchev–Trinajstić information content (AvgIpc) is 2.41. The lowest BCUT2D eigenvalue weighted by molar-refractivity contribution is 0.405. The number of hydrogen-bond acceptors (Lipinski definition) is 4. The molecule has 1 aromatic heterocycles. The lowest BCUT2D eigenvalue weighted by Crippen LogP contribution is -2.15. The van der Waals surface area contributed by atoms with E-state index < -0.39 is 0 Å². The van der Waals surface area contributed by atoms with Gasteiger partial charge in [-0.2, -0.15) is 0 Å². The van der Waals surface area contributed by atoms with Gasteiger partial charge in [0, 0.05) is 22.8 Å². The van der Waals surface area contributed by atoms with Crippen LogP contribution in [0.2, 0.25) is 5.02 Å². The summed E-state index contributed by atoms with van der Waals surface area (Å²) in [7, 11) is 1.60. The van der Waals surface area contributed by atoms with E-state index in [-0.39, 0.29) is 6.04 Å². The highest BCUT2D eigenvalue weighted by molar-refractivity contribution is 6.30. The molecule has 19 heavy (non-hydrogen) atoms. The van der Waals surface area contributed by atoms with Crippen LogP contribution in [0.3, 0.4) is 0 Å². The molecule has 1 aromatic carbocycles. The molecule has 2 aromatic rings. The molecule has 0 bridgehead atoms. The zero-order valence-corrected chi connectivity index (χ0v) is 11.4. The highest BCUT2D eigenvalue weighted by Gasteiger charge is 2.14. The van der Waals surface area contributed by atoms with E-state index in [1.807, 2.05) is 18.2 Å². The third-order valence-electron chi connectivity index (χ3n) is 2.96. The number of anilines is 1. The first-order valence-corrected chi connectivity index (χ1v) is 6.28. The van der Waals surface area contributed by atoms with Gasteiger partial charge in [-0.15, -0.1) is 0 Å². The summed E-state index contributed by atoms with van der Waals surface area (Å²) in [5.74, 6) is 1.19. The molecule has 0 saturated carbocycles. The number of nitrogens with zero attached hydrogens (tertiary/aromatic N) is 1. The molecule has 0 spiro atoms. The minimum atomic E-state index is -0.223. The van der Waals surface area contributed by atoms with Crippen LogP contribution in [0.15, 0.2) is 36.5 Å². The summed E-state index contributed by atoms with van der Waals surface area (Å²) in [6, 6.07) is 8.97. The van der Waals surface area contributed by atoms with E-state index in [1.54, 1.807) is 25.4 Å². The maximum absolute atomic E-state index is 6.22. The molecule has 100 valence electrons. The lowest BCUT2D eigenvalue weighted by atomic mass is 9.99. The average molecular weight is 278 g/mol. The molecule has 0 amide bonds. The SMILES string of the molecule is COc1cc(Cl)ccc1C(N)Cc1cccnc1N. The molecular weight excluding hydrogens is 262 g/mol. The van der Waals surface area contributed by atoms with Gasteiger partial charge in [0.15, 0.2) is 0 Å². The topological polar surface area (TPSA) is 74.2 Å². The fraction of sp³-hybridized carbons (Fsp3) is 0.214. The minimum absolute atomic E-state index is 0.223.